The smallest absolute Gasteiger partial charge is 0.231 e. The zero-order valence-corrected chi connectivity index (χ0v) is 9.45. The molecule has 0 spiro atoms. The van der Waals surface area contributed by atoms with Gasteiger partial charge in [0.15, 0.2) is 0 Å². The van der Waals surface area contributed by atoms with Crippen molar-refractivity contribution in [3.63, 3.8) is 0 Å². The van der Waals surface area contributed by atoms with Gasteiger partial charge in [-0.25, -0.2) is 0 Å². The number of thiophene rings is 1. The quantitative estimate of drug-likeness (QED) is 0.782. The van der Waals surface area contributed by atoms with Crippen LogP contribution in [0, 0.1) is 0 Å². The van der Waals surface area contributed by atoms with Crippen molar-refractivity contribution >= 4 is 33.2 Å². The second-order valence-electron chi connectivity index (χ2n) is 2.60. The number of amides is 1. The molecule has 0 saturated heterocycles. The Morgan fingerprint density at radius 3 is 2.92 bits per heavy atom. The van der Waals surface area contributed by atoms with E-state index in [1.807, 2.05) is 6.07 Å². The van der Waals surface area contributed by atoms with Crippen LogP contribution in [-0.4, -0.2) is 19.0 Å². The third-order valence-electron chi connectivity index (χ3n) is 1.48. The van der Waals surface area contributed by atoms with Crippen molar-refractivity contribution in [1.29, 1.82) is 0 Å². The molecule has 0 aliphatic carbocycles. The molecule has 5 heteroatoms. The minimum Gasteiger partial charge on any atom is -0.369 e. The molecule has 72 valence electrons. The predicted octanol–water partition coefficient (Wildman–Crippen LogP) is 1.13. The molecule has 0 fully saturated rings. The van der Waals surface area contributed by atoms with Gasteiger partial charge in [-0.2, -0.15) is 0 Å². The van der Waals surface area contributed by atoms with Crippen molar-refractivity contribution in [3.8, 4) is 0 Å². The Hall–Kier alpha value is -0.390. The van der Waals surface area contributed by atoms with Crippen molar-refractivity contribution in [2.24, 2.45) is 5.73 Å². The van der Waals surface area contributed by atoms with Crippen LogP contribution in [0.5, 0.6) is 0 Å². The summed E-state index contributed by atoms with van der Waals surface area (Å²) >= 11 is 5.10. The number of primary amides is 1. The van der Waals surface area contributed by atoms with E-state index in [9.17, 15) is 4.79 Å². The van der Waals surface area contributed by atoms with Gasteiger partial charge in [0.2, 0.25) is 5.91 Å². The van der Waals surface area contributed by atoms with E-state index in [0.29, 0.717) is 0 Å². The van der Waals surface area contributed by atoms with Gasteiger partial charge < -0.3 is 11.1 Å². The van der Waals surface area contributed by atoms with Gasteiger partial charge in [0.05, 0.1) is 10.3 Å². The number of halogens is 1. The van der Waals surface area contributed by atoms with Crippen LogP contribution in [0.2, 0.25) is 0 Å². The second kappa shape index (κ2) is 5.36. The Labute approximate surface area is 89.5 Å². The molecule has 0 aliphatic heterocycles. The highest BCUT2D eigenvalue weighted by Crippen LogP contribution is 2.21. The molecule has 13 heavy (non-hydrogen) atoms. The molecule has 0 saturated carbocycles. The maximum atomic E-state index is 10.4. The molecule has 0 aliphatic rings. The minimum absolute atomic E-state index is 0.256. The summed E-state index contributed by atoms with van der Waals surface area (Å²) in [5, 5.41) is 2.96. The molecule has 1 aromatic heterocycles. The van der Waals surface area contributed by atoms with Crippen LogP contribution in [0.4, 0.5) is 0 Å². The number of nitrogens with two attached hydrogens (primary N) is 1. The zero-order chi connectivity index (χ0) is 9.68. The van der Waals surface area contributed by atoms with E-state index >= 15 is 0 Å². The number of carbonyl (C=O) groups is 1. The number of nitrogens with one attached hydrogen (secondary N) is 1. The third-order valence-corrected chi connectivity index (χ3v) is 3.16. The highest BCUT2D eigenvalue weighted by atomic mass is 79.9. The molecule has 0 radical (unpaired) electrons. The normalized spacial score (nSPS) is 10.2. The highest BCUT2D eigenvalue weighted by Gasteiger charge is 1.97. The standard InChI is InChI=1S/C8H11BrN2OS/c9-7-2-1-6(13-7)3-4-11-5-8(10)12/h1-2,11H,3-5H2,(H2,10,12). The number of carbonyl (C=O) groups excluding carboxylic acids is 1. The molecule has 0 atom stereocenters. The van der Waals surface area contributed by atoms with Crippen molar-refractivity contribution in [2.75, 3.05) is 13.1 Å². The number of hydrogen-bond donors (Lipinski definition) is 2. The second-order valence-corrected chi connectivity index (χ2v) is 5.15. The Morgan fingerprint density at radius 1 is 1.62 bits per heavy atom. The summed E-state index contributed by atoms with van der Waals surface area (Å²) in [6.07, 6.45) is 0.934. The predicted molar refractivity (Wildman–Crippen MR) is 57.8 cm³/mol. The van der Waals surface area contributed by atoms with E-state index in [1.165, 1.54) is 4.88 Å². The van der Waals surface area contributed by atoms with Crippen molar-refractivity contribution in [1.82, 2.24) is 5.32 Å². The molecule has 1 heterocycles. The van der Waals surface area contributed by atoms with Gasteiger partial charge in [-0.3, -0.25) is 4.79 Å². The molecular weight excluding hydrogens is 252 g/mol. The van der Waals surface area contributed by atoms with Crippen molar-refractivity contribution in [3.05, 3.63) is 20.8 Å². The summed E-state index contributed by atoms with van der Waals surface area (Å²) in [7, 11) is 0. The topological polar surface area (TPSA) is 55.1 Å². The molecule has 0 unspecified atom stereocenters. The SMILES string of the molecule is NC(=O)CNCCc1ccc(Br)s1. The fourth-order valence-corrected chi connectivity index (χ4v) is 2.39. The lowest BCUT2D eigenvalue weighted by molar-refractivity contribution is -0.117. The Bertz CT molecular complexity index is 287. The largest absolute Gasteiger partial charge is 0.369 e. The number of rotatable bonds is 5. The fraction of sp³-hybridized carbons (Fsp3) is 0.375. The van der Waals surface area contributed by atoms with E-state index in [1.54, 1.807) is 11.3 Å². The van der Waals surface area contributed by atoms with E-state index in [0.717, 1.165) is 16.8 Å². The van der Waals surface area contributed by atoms with Crippen LogP contribution in [0.25, 0.3) is 0 Å². The molecular formula is C8H11BrN2OS. The van der Waals surface area contributed by atoms with Gasteiger partial charge >= 0.3 is 0 Å². The lowest BCUT2D eigenvalue weighted by Crippen LogP contribution is -2.29. The van der Waals surface area contributed by atoms with Crippen LogP contribution >= 0.6 is 27.3 Å². The van der Waals surface area contributed by atoms with Gasteiger partial charge in [0, 0.05) is 11.4 Å². The van der Waals surface area contributed by atoms with Crippen molar-refractivity contribution < 1.29 is 4.79 Å². The lowest BCUT2D eigenvalue weighted by atomic mass is 10.3. The van der Waals surface area contributed by atoms with Crippen molar-refractivity contribution in [2.45, 2.75) is 6.42 Å². The lowest BCUT2D eigenvalue weighted by Gasteiger charge is -1.99. The first kappa shape index (κ1) is 10.7. The van der Waals surface area contributed by atoms with Gasteiger partial charge in [0.1, 0.15) is 0 Å². The van der Waals surface area contributed by atoms with Crippen LogP contribution in [-0.2, 0) is 11.2 Å². The summed E-state index contributed by atoms with van der Waals surface area (Å²) in [5.74, 6) is -0.313. The van der Waals surface area contributed by atoms with Crippen LogP contribution in [0.15, 0.2) is 15.9 Å². The molecule has 1 rings (SSSR count). The molecule has 1 amide bonds. The van der Waals surface area contributed by atoms with Crippen LogP contribution in [0.1, 0.15) is 4.88 Å². The molecule has 0 bridgehead atoms. The van der Waals surface area contributed by atoms with Crippen LogP contribution < -0.4 is 11.1 Å². The molecule has 3 N–H and O–H groups in total. The molecule has 3 nitrogen and oxygen atoms in total. The van der Waals surface area contributed by atoms with E-state index in [-0.39, 0.29) is 12.5 Å². The highest BCUT2D eigenvalue weighted by molar-refractivity contribution is 9.11. The van der Waals surface area contributed by atoms with Gasteiger partial charge in [-0.1, -0.05) is 0 Å². The maximum Gasteiger partial charge on any atom is 0.231 e. The maximum absolute atomic E-state index is 10.4. The summed E-state index contributed by atoms with van der Waals surface area (Å²) in [6.45, 7) is 1.04. The van der Waals surface area contributed by atoms with Gasteiger partial charge in [0.25, 0.3) is 0 Å². The first-order valence-corrected chi connectivity index (χ1v) is 5.52. The van der Waals surface area contributed by atoms with E-state index < -0.39 is 0 Å². The van der Waals surface area contributed by atoms with Gasteiger partial charge in [-0.05, 0) is 34.5 Å². The zero-order valence-electron chi connectivity index (χ0n) is 7.05. The average Bonchev–Trinajstić information content (AvgIpc) is 2.45. The summed E-state index contributed by atoms with van der Waals surface area (Å²) in [5.41, 5.74) is 4.97. The Kier molecular flexibility index (Phi) is 4.41. The van der Waals surface area contributed by atoms with E-state index in [2.05, 4.69) is 27.3 Å². The van der Waals surface area contributed by atoms with Gasteiger partial charge in [-0.15, -0.1) is 11.3 Å². The Balaban J connectivity index is 2.16. The van der Waals surface area contributed by atoms with E-state index in [4.69, 9.17) is 5.73 Å². The first-order valence-electron chi connectivity index (χ1n) is 3.91. The third kappa shape index (κ3) is 4.40. The average molecular weight is 263 g/mol. The summed E-state index contributed by atoms with van der Waals surface area (Å²) < 4.78 is 1.14. The summed E-state index contributed by atoms with van der Waals surface area (Å²) in [4.78, 5) is 11.7. The number of hydrogen-bond acceptors (Lipinski definition) is 3. The summed E-state index contributed by atoms with van der Waals surface area (Å²) in [6, 6.07) is 4.09. The van der Waals surface area contributed by atoms with Crippen LogP contribution in [0.3, 0.4) is 0 Å². The minimum atomic E-state index is -0.313. The molecule has 1 aromatic rings. The first-order chi connectivity index (χ1) is 6.18. The monoisotopic (exact) mass is 262 g/mol. The molecule has 0 aromatic carbocycles. The Morgan fingerprint density at radius 2 is 2.38 bits per heavy atom. The fourth-order valence-electron chi connectivity index (χ4n) is 0.909.